The minimum atomic E-state index is -0.00299. The number of nitrogens with one attached hydrogen (secondary N) is 3. The van der Waals surface area contributed by atoms with Gasteiger partial charge in [0.2, 0.25) is 5.91 Å². The molecule has 0 radical (unpaired) electrons. The Morgan fingerprint density at radius 2 is 2.56 bits per heavy atom. The van der Waals surface area contributed by atoms with Gasteiger partial charge in [0.25, 0.3) is 0 Å². The third kappa shape index (κ3) is 2.82. The molecule has 1 aliphatic heterocycles. The van der Waals surface area contributed by atoms with Crippen molar-refractivity contribution in [3.63, 3.8) is 0 Å². The van der Waals surface area contributed by atoms with Crippen molar-refractivity contribution in [1.82, 2.24) is 20.6 Å². The number of amides is 1. The van der Waals surface area contributed by atoms with Crippen LogP contribution >= 0.6 is 0 Å². The van der Waals surface area contributed by atoms with E-state index in [4.69, 9.17) is 0 Å². The average Bonchev–Trinajstić information content (AvgIpc) is 2.89. The van der Waals surface area contributed by atoms with Gasteiger partial charge in [0.1, 0.15) is 0 Å². The van der Waals surface area contributed by atoms with Crippen molar-refractivity contribution in [2.24, 2.45) is 5.92 Å². The number of hydrogen-bond acceptors (Lipinski definition) is 3. The molecule has 1 aromatic heterocycles. The molecule has 2 atom stereocenters. The number of nitrogens with zero attached hydrogens (tertiary/aromatic N) is 1. The van der Waals surface area contributed by atoms with Gasteiger partial charge in [0.05, 0.1) is 12.4 Å². The number of carbonyl (C=O) groups is 1. The van der Waals surface area contributed by atoms with Crippen molar-refractivity contribution in [2.75, 3.05) is 13.1 Å². The smallest absolute Gasteiger partial charge is 0.237 e. The Morgan fingerprint density at radius 3 is 3.19 bits per heavy atom. The first-order valence-electron chi connectivity index (χ1n) is 5.74. The fraction of sp³-hybridized carbons (Fsp3) is 0.636. The molecule has 5 nitrogen and oxygen atoms in total. The van der Waals surface area contributed by atoms with Crippen LogP contribution in [0, 0.1) is 5.92 Å². The standard InChI is InChI=1S/C11H18N4O/c1-8-4-10(14-5-8)11(16)13-3-2-9-6-12-7-15-9/h6-8,10,14H,2-5H2,1H3,(H,12,15)(H,13,16)/t8-,10-/m0/s1. The van der Waals surface area contributed by atoms with Crippen molar-refractivity contribution in [2.45, 2.75) is 25.8 Å². The summed E-state index contributed by atoms with van der Waals surface area (Å²) < 4.78 is 0. The van der Waals surface area contributed by atoms with Crippen LogP contribution in [0.5, 0.6) is 0 Å². The number of aromatic amines is 1. The second-order valence-electron chi connectivity index (χ2n) is 4.42. The summed E-state index contributed by atoms with van der Waals surface area (Å²) >= 11 is 0. The number of imidazole rings is 1. The van der Waals surface area contributed by atoms with Gasteiger partial charge in [0, 0.05) is 24.9 Å². The van der Waals surface area contributed by atoms with E-state index in [1.165, 1.54) is 0 Å². The van der Waals surface area contributed by atoms with Gasteiger partial charge in [-0.3, -0.25) is 4.79 Å². The van der Waals surface area contributed by atoms with Gasteiger partial charge >= 0.3 is 0 Å². The second-order valence-corrected chi connectivity index (χ2v) is 4.42. The van der Waals surface area contributed by atoms with Crippen LogP contribution in [0.25, 0.3) is 0 Å². The summed E-state index contributed by atoms with van der Waals surface area (Å²) in [5.41, 5.74) is 1.05. The molecule has 1 aromatic rings. The van der Waals surface area contributed by atoms with Gasteiger partial charge in [-0.2, -0.15) is 0 Å². The van der Waals surface area contributed by atoms with E-state index in [9.17, 15) is 4.79 Å². The number of carbonyl (C=O) groups excluding carboxylic acids is 1. The lowest BCUT2D eigenvalue weighted by atomic mass is 10.1. The molecular formula is C11H18N4O. The Labute approximate surface area is 95.0 Å². The maximum absolute atomic E-state index is 11.7. The molecule has 0 aliphatic carbocycles. The van der Waals surface area contributed by atoms with Gasteiger partial charge in [0.15, 0.2) is 0 Å². The molecule has 0 aromatic carbocycles. The van der Waals surface area contributed by atoms with Crippen molar-refractivity contribution < 1.29 is 4.79 Å². The van der Waals surface area contributed by atoms with Crippen molar-refractivity contribution in [3.05, 3.63) is 18.2 Å². The summed E-state index contributed by atoms with van der Waals surface area (Å²) in [4.78, 5) is 18.7. The highest BCUT2D eigenvalue weighted by atomic mass is 16.2. The van der Waals surface area contributed by atoms with Crippen LogP contribution < -0.4 is 10.6 Å². The molecule has 1 saturated heterocycles. The summed E-state index contributed by atoms with van der Waals surface area (Å²) in [6, 6.07) is -0.00299. The first kappa shape index (κ1) is 11.1. The largest absolute Gasteiger partial charge is 0.354 e. The molecule has 0 unspecified atom stereocenters. The Balaban J connectivity index is 1.68. The summed E-state index contributed by atoms with van der Waals surface area (Å²) in [6.45, 7) is 3.76. The number of H-pyrrole nitrogens is 1. The van der Waals surface area contributed by atoms with E-state index < -0.39 is 0 Å². The van der Waals surface area contributed by atoms with Crippen LogP contribution in [-0.2, 0) is 11.2 Å². The van der Waals surface area contributed by atoms with E-state index in [0.717, 1.165) is 25.1 Å². The number of hydrogen-bond donors (Lipinski definition) is 3. The average molecular weight is 222 g/mol. The van der Waals surface area contributed by atoms with Crippen molar-refractivity contribution >= 4 is 5.91 Å². The van der Waals surface area contributed by atoms with E-state index in [1.54, 1.807) is 12.5 Å². The molecule has 3 N–H and O–H groups in total. The Kier molecular flexibility index (Phi) is 3.56. The highest BCUT2D eigenvalue weighted by molar-refractivity contribution is 5.82. The zero-order chi connectivity index (χ0) is 11.4. The topological polar surface area (TPSA) is 69.8 Å². The van der Waals surface area contributed by atoms with Crippen LogP contribution in [0.1, 0.15) is 19.0 Å². The highest BCUT2D eigenvalue weighted by Gasteiger charge is 2.26. The molecule has 1 aliphatic rings. The Hall–Kier alpha value is -1.36. The fourth-order valence-corrected chi connectivity index (χ4v) is 1.98. The van der Waals surface area contributed by atoms with E-state index in [1.807, 2.05) is 0 Å². The summed E-state index contributed by atoms with van der Waals surface area (Å²) in [6.07, 6.45) is 5.17. The molecule has 2 heterocycles. The minimum absolute atomic E-state index is 0.00299. The lowest BCUT2D eigenvalue weighted by molar-refractivity contribution is -0.122. The third-order valence-electron chi connectivity index (χ3n) is 2.92. The fourth-order valence-electron chi connectivity index (χ4n) is 1.98. The van der Waals surface area contributed by atoms with Crippen LogP contribution in [0.4, 0.5) is 0 Å². The maximum atomic E-state index is 11.7. The normalized spacial score (nSPS) is 24.6. The van der Waals surface area contributed by atoms with Gasteiger partial charge in [-0.1, -0.05) is 6.92 Å². The summed E-state index contributed by atoms with van der Waals surface area (Å²) in [5, 5.41) is 6.15. The first-order chi connectivity index (χ1) is 7.75. The second kappa shape index (κ2) is 5.12. The first-order valence-corrected chi connectivity index (χ1v) is 5.74. The van der Waals surface area contributed by atoms with Crippen molar-refractivity contribution in [3.8, 4) is 0 Å². The molecule has 16 heavy (non-hydrogen) atoms. The zero-order valence-corrected chi connectivity index (χ0v) is 9.49. The molecule has 5 heteroatoms. The van der Waals surface area contributed by atoms with E-state index in [-0.39, 0.29) is 11.9 Å². The van der Waals surface area contributed by atoms with Gasteiger partial charge in [-0.15, -0.1) is 0 Å². The molecular weight excluding hydrogens is 204 g/mol. The summed E-state index contributed by atoms with van der Waals surface area (Å²) in [7, 11) is 0. The molecule has 0 saturated carbocycles. The van der Waals surface area contributed by atoms with Crippen LogP contribution in [0.15, 0.2) is 12.5 Å². The predicted octanol–water partition coefficient (Wildman–Crippen LogP) is 0.0664. The highest BCUT2D eigenvalue weighted by Crippen LogP contribution is 2.12. The molecule has 88 valence electrons. The SMILES string of the molecule is C[C@@H]1CN[C@H](C(=O)NCCc2cnc[nH]2)C1. The van der Waals surface area contributed by atoms with Gasteiger partial charge in [-0.25, -0.2) is 4.98 Å². The van der Waals surface area contributed by atoms with E-state index >= 15 is 0 Å². The Morgan fingerprint density at radius 1 is 1.69 bits per heavy atom. The molecule has 0 bridgehead atoms. The zero-order valence-electron chi connectivity index (χ0n) is 9.49. The Bertz CT molecular complexity index is 336. The third-order valence-corrected chi connectivity index (χ3v) is 2.92. The lowest BCUT2D eigenvalue weighted by Crippen LogP contribution is -2.41. The molecule has 2 rings (SSSR count). The predicted molar refractivity (Wildman–Crippen MR) is 60.9 cm³/mol. The van der Waals surface area contributed by atoms with Gasteiger partial charge in [-0.05, 0) is 18.9 Å². The number of aromatic nitrogens is 2. The van der Waals surface area contributed by atoms with Crippen LogP contribution in [0.2, 0.25) is 0 Å². The van der Waals surface area contributed by atoms with Gasteiger partial charge < -0.3 is 15.6 Å². The molecule has 1 amide bonds. The quantitative estimate of drug-likeness (QED) is 0.675. The van der Waals surface area contributed by atoms with E-state index in [0.29, 0.717) is 12.5 Å². The number of rotatable bonds is 4. The van der Waals surface area contributed by atoms with Crippen LogP contribution in [-0.4, -0.2) is 35.0 Å². The minimum Gasteiger partial charge on any atom is -0.354 e. The maximum Gasteiger partial charge on any atom is 0.237 e. The molecule has 0 spiro atoms. The lowest BCUT2D eigenvalue weighted by Gasteiger charge is -2.10. The van der Waals surface area contributed by atoms with Crippen molar-refractivity contribution in [1.29, 1.82) is 0 Å². The van der Waals surface area contributed by atoms with E-state index in [2.05, 4.69) is 27.5 Å². The molecule has 1 fully saturated rings. The summed E-state index contributed by atoms with van der Waals surface area (Å²) in [5.74, 6) is 0.715. The monoisotopic (exact) mass is 222 g/mol. The van der Waals surface area contributed by atoms with Crippen LogP contribution in [0.3, 0.4) is 0 Å².